The van der Waals surface area contributed by atoms with E-state index in [0.29, 0.717) is 5.71 Å². The van der Waals surface area contributed by atoms with Crippen molar-refractivity contribution >= 4 is 32.8 Å². The first-order chi connectivity index (χ1) is 24.5. The minimum atomic E-state index is 0. The number of fused-ring (bicyclic) bond motifs is 4. The first kappa shape index (κ1) is 33.7. The fourth-order valence-corrected chi connectivity index (χ4v) is 6.35. The Morgan fingerprint density at radius 2 is 1.31 bits per heavy atom. The predicted molar refractivity (Wildman–Crippen MR) is 205 cm³/mol. The van der Waals surface area contributed by atoms with Crippen LogP contribution in [-0.2, 0) is 20.1 Å². The Bertz CT molecular complexity index is 2570. The van der Waals surface area contributed by atoms with Crippen LogP contribution >= 0.6 is 0 Å². The van der Waals surface area contributed by atoms with Gasteiger partial charge in [0.25, 0.3) is 0 Å². The van der Waals surface area contributed by atoms with E-state index < -0.39 is 0 Å². The van der Waals surface area contributed by atoms with E-state index in [4.69, 9.17) is 9.40 Å². The molecular formula is C46H33IrN3O-2. The van der Waals surface area contributed by atoms with Gasteiger partial charge in [0.05, 0.1) is 5.58 Å². The summed E-state index contributed by atoms with van der Waals surface area (Å²) in [6, 6.07) is 52.6. The third kappa shape index (κ3) is 6.87. The number of rotatable bonds is 4. The largest absolute Gasteiger partial charge is 0.486 e. The smallest absolute Gasteiger partial charge is 0.216 e. The molecule has 0 unspecified atom stereocenters. The van der Waals surface area contributed by atoms with Gasteiger partial charge in [0.2, 0.25) is 5.71 Å². The second-order valence-electron chi connectivity index (χ2n) is 12.5. The first-order valence-corrected chi connectivity index (χ1v) is 16.7. The number of hydrogen-bond acceptors (Lipinski definition) is 4. The van der Waals surface area contributed by atoms with Gasteiger partial charge in [-0.3, -0.25) is 0 Å². The molecule has 4 aromatic heterocycles. The summed E-state index contributed by atoms with van der Waals surface area (Å²) >= 11 is 0. The van der Waals surface area contributed by atoms with E-state index >= 15 is 0 Å². The Kier molecular flexibility index (Phi) is 9.67. The van der Waals surface area contributed by atoms with Gasteiger partial charge < -0.3 is 14.4 Å². The zero-order valence-electron chi connectivity index (χ0n) is 28.4. The van der Waals surface area contributed by atoms with Crippen LogP contribution in [0, 0.1) is 32.9 Å². The summed E-state index contributed by atoms with van der Waals surface area (Å²) in [5.74, 6) is 0. The number of benzene rings is 5. The fraction of sp³-hybridized carbons (Fsp3) is 0.0652. The molecule has 0 aliphatic heterocycles. The molecule has 4 nitrogen and oxygen atoms in total. The Hall–Kier alpha value is -5.74. The van der Waals surface area contributed by atoms with Gasteiger partial charge in [-0.25, -0.2) is 4.98 Å². The molecule has 9 aromatic rings. The number of nitrogens with zero attached hydrogens (tertiary/aromatic N) is 3. The van der Waals surface area contributed by atoms with E-state index in [1.807, 2.05) is 62.6 Å². The second kappa shape index (κ2) is 14.6. The standard InChI is InChI=1S/C33H21N2O.C13H12N.Ir/c1-21-14-15-29-28-12-7-13-30(32(28)36-33(29)35-21)31-20-23(18-19-34-31)25-17-16-24(22-8-3-2-4-9-22)26-10-5-6-11-27(25)26;1-10-3-6-12(7-4-10)13-8-5-11(2)9-14-13;/h2-12,14-20H,1H3;3-6,8-9H,1-2H3;/q2*-1;. The van der Waals surface area contributed by atoms with Gasteiger partial charge in [0.15, 0.2) is 0 Å². The molecule has 249 valence electrons. The summed E-state index contributed by atoms with van der Waals surface area (Å²) < 4.78 is 6.22. The molecule has 0 spiro atoms. The van der Waals surface area contributed by atoms with Crippen LogP contribution in [0.4, 0.5) is 0 Å². The minimum Gasteiger partial charge on any atom is -0.486 e. The maximum atomic E-state index is 6.22. The van der Waals surface area contributed by atoms with Gasteiger partial charge in [-0.2, -0.15) is 0 Å². The van der Waals surface area contributed by atoms with Gasteiger partial charge in [0, 0.05) is 43.6 Å². The van der Waals surface area contributed by atoms with Crippen molar-refractivity contribution < 1.29 is 24.5 Å². The van der Waals surface area contributed by atoms with Crippen molar-refractivity contribution in [2.75, 3.05) is 0 Å². The van der Waals surface area contributed by atoms with Crippen molar-refractivity contribution in [1.29, 1.82) is 0 Å². The van der Waals surface area contributed by atoms with Gasteiger partial charge in [-0.1, -0.05) is 103 Å². The average molecular weight is 836 g/mol. The van der Waals surface area contributed by atoms with Crippen LogP contribution in [0.25, 0.3) is 77.6 Å². The van der Waals surface area contributed by atoms with E-state index in [1.54, 1.807) is 0 Å². The number of hydrogen-bond donors (Lipinski definition) is 0. The summed E-state index contributed by atoms with van der Waals surface area (Å²) in [7, 11) is 0. The van der Waals surface area contributed by atoms with E-state index in [0.717, 1.165) is 50.1 Å². The fourth-order valence-electron chi connectivity index (χ4n) is 6.35. The summed E-state index contributed by atoms with van der Waals surface area (Å²) in [6.07, 6.45) is 3.74. The Morgan fingerprint density at radius 1 is 0.569 bits per heavy atom. The molecule has 51 heavy (non-hydrogen) atoms. The third-order valence-corrected chi connectivity index (χ3v) is 8.93. The van der Waals surface area contributed by atoms with E-state index in [1.165, 1.54) is 38.6 Å². The van der Waals surface area contributed by atoms with Crippen LogP contribution < -0.4 is 0 Å². The Morgan fingerprint density at radius 3 is 2.04 bits per heavy atom. The Labute approximate surface area is 311 Å². The second-order valence-corrected chi connectivity index (χ2v) is 12.5. The summed E-state index contributed by atoms with van der Waals surface area (Å²) in [6.45, 7) is 6.07. The van der Waals surface area contributed by atoms with Crippen molar-refractivity contribution in [3.05, 3.63) is 175 Å². The van der Waals surface area contributed by atoms with Crippen LogP contribution in [0.5, 0.6) is 0 Å². The van der Waals surface area contributed by atoms with Crippen LogP contribution in [0.15, 0.2) is 150 Å². The maximum Gasteiger partial charge on any atom is 0.216 e. The molecule has 0 bridgehead atoms. The molecule has 5 aromatic carbocycles. The van der Waals surface area contributed by atoms with Gasteiger partial charge in [-0.05, 0) is 82.0 Å². The minimum absolute atomic E-state index is 0. The monoisotopic (exact) mass is 836 g/mol. The molecule has 0 N–H and O–H groups in total. The Balaban J connectivity index is 0.000000228. The average Bonchev–Trinajstić information content (AvgIpc) is 3.53. The molecule has 0 atom stereocenters. The predicted octanol–water partition coefficient (Wildman–Crippen LogP) is 11.8. The number of aromatic nitrogens is 3. The normalized spacial score (nSPS) is 10.9. The van der Waals surface area contributed by atoms with E-state index in [-0.39, 0.29) is 20.1 Å². The number of pyridine rings is 3. The molecule has 4 heterocycles. The van der Waals surface area contributed by atoms with Crippen molar-refractivity contribution in [2.45, 2.75) is 20.8 Å². The molecule has 5 heteroatoms. The van der Waals surface area contributed by atoms with Gasteiger partial charge in [0.1, 0.15) is 0 Å². The maximum absolute atomic E-state index is 6.22. The molecule has 0 amide bonds. The molecule has 9 rings (SSSR count). The zero-order chi connectivity index (χ0) is 34.0. The zero-order valence-corrected chi connectivity index (χ0v) is 30.8. The molecule has 1 radical (unpaired) electrons. The van der Waals surface area contributed by atoms with E-state index in [9.17, 15) is 0 Å². The van der Waals surface area contributed by atoms with Crippen molar-refractivity contribution in [1.82, 2.24) is 15.0 Å². The summed E-state index contributed by atoms with van der Waals surface area (Å²) in [5, 5.41) is 4.47. The summed E-state index contributed by atoms with van der Waals surface area (Å²) in [4.78, 5) is 13.6. The molecule has 0 aliphatic carbocycles. The summed E-state index contributed by atoms with van der Waals surface area (Å²) in [5.41, 5.74) is 13.2. The van der Waals surface area contributed by atoms with Crippen molar-refractivity contribution in [3.63, 3.8) is 0 Å². The topological polar surface area (TPSA) is 51.8 Å². The van der Waals surface area contributed by atoms with Gasteiger partial charge >= 0.3 is 0 Å². The molecular weight excluding hydrogens is 803 g/mol. The van der Waals surface area contributed by atoms with Crippen molar-refractivity contribution in [3.8, 4) is 44.8 Å². The molecule has 0 saturated carbocycles. The van der Waals surface area contributed by atoms with Gasteiger partial charge in [-0.15, -0.1) is 53.6 Å². The van der Waals surface area contributed by atoms with E-state index in [2.05, 4.69) is 126 Å². The number of furan rings is 1. The van der Waals surface area contributed by atoms with Crippen LogP contribution in [0.1, 0.15) is 16.8 Å². The van der Waals surface area contributed by atoms with Crippen LogP contribution in [0.2, 0.25) is 0 Å². The molecule has 0 fully saturated rings. The SMILES string of the molecule is Cc1c[c-]c(-c2ccc(C)cn2)cc1.Cc1ccc2c(n1)oc1c(-c3cc(-c4ccc(-c5ccccc5)c5ccccc45)ccn3)[c-]ccc12.[Ir]. The molecule has 0 aliphatic rings. The number of aryl methyl sites for hydroxylation is 3. The van der Waals surface area contributed by atoms with Crippen LogP contribution in [-0.4, -0.2) is 15.0 Å². The van der Waals surface area contributed by atoms with Crippen molar-refractivity contribution in [2.24, 2.45) is 0 Å². The first-order valence-electron chi connectivity index (χ1n) is 16.7. The molecule has 0 saturated heterocycles. The van der Waals surface area contributed by atoms with Crippen LogP contribution in [0.3, 0.4) is 0 Å². The quantitative estimate of drug-likeness (QED) is 0.166. The third-order valence-electron chi connectivity index (χ3n) is 8.93.